The molecule has 0 fully saturated rings. The van der Waals surface area contributed by atoms with Crippen LogP contribution in [0.3, 0.4) is 0 Å². The Morgan fingerprint density at radius 3 is 1.88 bits per heavy atom. The van der Waals surface area contributed by atoms with E-state index < -0.39 is 52.8 Å². The average molecular weight is 782 g/mol. The first-order valence-electron chi connectivity index (χ1n) is 15.8. The molecule has 0 aromatic heterocycles. The van der Waals surface area contributed by atoms with Crippen LogP contribution in [0.4, 0.5) is 0 Å². The number of benzene rings is 3. The van der Waals surface area contributed by atoms with Crippen molar-refractivity contribution in [2.45, 2.75) is 61.8 Å². The summed E-state index contributed by atoms with van der Waals surface area (Å²) in [6.07, 6.45) is 2.32. The summed E-state index contributed by atoms with van der Waals surface area (Å²) in [5.74, 6) is -8.29. The Hall–Kier alpha value is -5.63. The van der Waals surface area contributed by atoms with E-state index in [4.69, 9.17) is 18.9 Å². The number of phenolic OH excluding ortho intramolecular Hbond substituents is 2. The van der Waals surface area contributed by atoms with Crippen LogP contribution in [0.5, 0.6) is 28.7 Å². The van der Waals surface area contributed by atoms with Crippen molar-refractivity contribution in [1.82, 2.24) is 0 Å². The number of aromatic hydroxyl groups is 2. The van der Waals surface area contributed by atoms with Crippen molar-refractivity contribution in [1.29, 1.82) is 0 Å². The predicted octanol–water partition coefficient (Wildman–Crippen LogP) is 6.79. The quantitative estimate of drug-likeness (QED) is 0.100. The molecule has 0 heterocycles. The third-order valence-corrected chi connectivity index (χ3v) is 9.94. The van der Waals surface area contributed by atoms with Gasteiger partial charge in [0.15, 0.2) is 17.5 Å². The number of aromatic carboxylic acids is 1. The number of esters is 3. The van der Waals surface area contributed by atoms with Crippen molar-refractivity contribution in [2.24, 2.45) is 5.92 Å². The van der Waals surface area contributed by atoms with Crippen LogP contribution in [0.1, 0.15) is 82.5 Å². The molecule has 14 heteroatoms. The summed E-state index contributed by atoms with van der Waals surface area (Å²) in [5.41, 5.74) is 2.09. The second-order valence-electron chi connectivity index (χ2n) is 12.2. The molecule has 1 aliphatic rings. The molecule has 0 saturated heterocycles. The molecular weight excluding hydrogens is 744 g/mol. The SMILES string of the molecule is CCc1c(C)c(C(=O)O)c(C)c(C)c1OC(=O)c1c(C)cc(OC(=O)c2c(C)c(C)c(OC(=O)C3C(=O)C=C(O)C=C3OC)c(Br)c2O)c(C)c1O. The number of phenols is 2. The molecule has 52 heavy (non-hydrogen) atoms. The van der Waals surface area contributed by atoms with Crippen molar-refractivity contribution in [3.05, 3.63) is 95.4 Å². The first-order chi connectivity index (χ1) is 24.3. The number of aliphatic hydroxyl groups excluding tert-OH is 1. The Labute approximate surface area is 307 Å². The fourth-order valence-electron chi connectivity index (χ4n) is 6.09. The molecular formula is C38H37BrO13. The molecule has 1 aliphatic carbocycles. The highest BCUT2D eigenvalue weighted by Gasteiger charge is 2.37. The number of ether oxygens (including phenoxy) is 4. The van der Waals surface area contributed by atoms with Crippen molar-refractivity contribution in [2.75, 3.05) is 7.11 Å². The minimum atomic E-state index is -1.53. The van der Waals surface area contributed by atoms with Crippen LogP contribution in [-0.2, 0) is 20.7 Å². The van der Waals surface area contributed by atoms with Gasteiger partial charge in [-0.1, -0.05) is 6.92 Å². The number of halogens is 1. The molecule has 0 amide bonds. The number of carboxylic acid groups (broad SMARTS) is 1. The molecule has 3 aromatic carbocycles. The number of allylic oxidation sites excluding steroid dienone is 2. The molecule has 13 nitrogen and oxygen atoms in total. The Morgan fingerprint density at radius 1 is 0.731 bits per heavy atom. The molecule has 4 rings (SSSR count). The van der Waals surface area contributed by atoms with Crippen molar-refractivity contribution in [3.8, 4) is 28.7 Å². The molecule has 0 radical (unpaired) electrons. The fourth-order valence-corrected chi connectivity index (χ4v) is 6.67. The van der Waals surface area contributed by atoms with Crippen LogP contribution in [0, 0.1) is 54.4 Å². The molecule has 1 unspecified atom stereocenters. The molecule has 0 bridgehead atoms. The van der Waals surface area contributed by atoms with E-state index >= 15 is 0 Å². The van der Waals surface area contributed by atoms with E-state index in [2.05, 4.69) is 15.9 Å². The summed E-state index contributed by atoms with van der Waals surface area (Å²) in [6, 6.07) is 1.35. The van der Waals surface area contributed by atoms with Gasteiger partial charge in [-0.2, -0.15) is 0 Å². The van der Waals surface area contributed by atoms with Gasteiger partial charge in [-0.3, -0.25) is 9.59 Å². The monoisotopic (exact) mass is 780 g/mol. The Kier molecular flexibility index (Phi) is 11.2. The van der Waals surface area contributed by atoms with E-state index in [1.54, 1.807) is 27.7 Å². The zero-order valence-corrected chi connectivity index (χ0v) is 31.4. The number of rotatable bonds is 9. The minimum Gasteiger partial charge on any atom is -0.508 e. The number of ketones is 1. The average Bonchev–Trinajstić information content (AvgIpc) is 3.06. The normalized spacial score (nSPS) is 14.0. The topological polar surface area (TPSA) is 203 Å². The predicted molar refractivity (Wildman–Crippen MR) is 190 cm³/mol. The maximum atomic E-state index is 13.6. The van der Waals surface area contributed by atoms with Crippen molar-refractivity contribution >= 4 is 45.6 Å². The van der Waals surface area contributed by atoms with E-state index in [0.29, 0.717) is 28.7 Å². The third kappa shape index (κ3) is 6.85. The lowest BCUT2D eigenvalue weighted by molar-refractivity contribution is -0.142. The standard InChI is InChI=1S/C38H37BrO13/c1-10-22-19(7)27(35(44)45)15(3)17(5)33(22)51-36(46)26-14(2)11-24(20(8)31(26)42)50-37(47)28-16(4)18(6)34(30(39)32(28)43)52-38(48)29-23(41)12-21(40)13-25(29)49-9/h11-13,29,40,42-43H,10H2,1-9H3,(H,44,45). The van der Waals surface area contributed by atoms with Crippen LogP contribution >= 0.6 is 15.9 Å². The number of hydrogen-bond acceptors (Lipinski definition) is 12. The van der Waals surface area contributed by atoms with Crippen LogP contribution in [0.25, 0.3) is 0 Å². The van der Waals surface area contributed by atoms with E-state index in [0.717, 1.165) is 12.2 Å². The molecule has 0 aliphatic heterocycles. The molecule has 0 spiro atoms. The number of carboxylic acids is 1. The van der Waals surface area contributed by atoms with Gasteiger partial charge in [0.2, 0.25) is 0 Å². The largest absolute Gasteiger partial charge is 0.508 e. The lowest BCUT2D eigenvalue weighted by atomic mass is 9.91. The number of aryl methyl sites for hydroxylation is 1. The van der Waals surface area contributed by atoms with Gasteiger partial charge in [-0.15, -0.1) is 0 Å². The van der Waals surface area contributed by atoms with Gasteiger partial charge in [-0.05, 0) is 116 Å². The lowest BCUT2D eigenvalue weighted by Gasteiger charge is -2.22. The van der Waals surface area contributed by atoms with Crippen molar-refractivity contribution in [3.63, 3.8) is 0 Å². The van der Waals surface area contributed by atoms with E-state index in [-0.39, 0.29) is 66.4 Å². The van der Waals surface area contributed by atoms with Gasteiger partial charge in [0.25, 0.3) is 0 Å². The van der Waals surface area contributed by atoms with Gasteiger partial charge < -0.3 is 39.4 Å². The molecule has 1 atom stereocenters. The first-order valence-corrected chi connectivity index (χ1v) is 16.6. The smallest absolute Gasteiger partial charge is 0.347 e. The first kappa shape index (κ1) is 39.2. The second kappa shape index (κ2) is 14.9. The number of methoxy groups -OCH3 is 1. The van der Waals surface area contributed by atoms with Crippen LogP contribution in [0.15, 0.2) is 34.2 Å². The van der Waals surface area contributed by atoms with Crippen molar-refractivity contribution < 1.29 is 63.3 Å². The summed E-state index contributed by atoms with van der Waals surface area (Å²) in [5, 5.41) is 41.7. The van der Waals surface area contributed by atoms with Gasteiger partial charge in [0, 0.05) is 17.7 Å². The van der Waals surface area contributed by atoms with Gasteiger partial charge in [0.1, 0.15) is 50.1 Å². The highest BCUT2D eigenvalue weighted by Crippen LogP contribution is 2.44. The Morgan fingerprint density at radius 2 is 1.31 bits per heavy atom. The number of aliphatic hydroxyl groups is 1. The lowest BCUT2D eigenvalue weighted by Crippen LogP contribution is -2.32. The summed E-state index contributed by atoms with van der Waals surface area (Å²) in [6.45, 7) is 12.6. The van der Waals surface area contributed by atoms with Gasteiger partial charge in [-0.25, -0.2) is 14.4 Å². The second-order valence-corrected chi connectivity index (χ2v) is 13.0. The third-order valence-electron chi connectivity index (χ3n) is 9.20. The molecule has 0 saturated carbocycles. The summed E-state index contributed by atoms with van der Waals surface area (Å²) in [4.78, 5) is 64.6. The van der Waals surface area contributed by atoms with E-state index in [1.165, 1.54) is 40.9 Å². The highest BCUT2D eigenvalue weighted by atomic mass is 79.9. The van der Waals surface area contributed by atoms with Crippen LogP contribution in [-0.4, -0.2) is 57.2 Å². The number of carbonyl (C=O) groups is 5. The number of hydrogen-bond donors (Lipinski definition) is 4. The minimum absolute atomic E-state index is 0.00430. The zero-order chi connectivity index (χ0) is 39.1. The van der Waals surface area contributed by atoms with Crippen LogP contribution < -0.4 is 14.2 Å². The molecule has 4 N–H and O–H groups in total. The van der Waals surface area contributed by atoms with E-state index in [1.807, 2.05) is 0 Å². The van der Waals surface area contributed by atoms with Gasteiger partial charge >= 0.3 is 23.9 Å². The van der Waals surface area contributed by atoms with Gasteiger partial charge in [0.05, 0.1) is 12.7 Å². The van der Waals surface area contributed by atoms with E-state index in [9.17, 15) is 44.4 Å². The highest BCUT2D eigenvalue weighted by molar-refractivity contribution is 9.10. The molecule has 274 valence electrons. The maximum absolute atomic E-state index is 13.6. The summed E-state index contributed by atoms with van der Waals surface area (Å²) >= 11 is 3.17. The Bertz CT molecular complexity index is 2130. The fraction of sp³-hybridized carbons (Fsp3) is 0.289. The van der Waals surface area contributed by atoms with Crippen LogP contribution in [0.2, 0.25) is 0 Å². The number of carbonyl (C=O) groups excluding carboxylic acids is 4. The zero-order valence-electron chi connectivity index (χ0n) is 29.9. The molecule has 3 aromatic rings. The Balaban J connectivity index is 1.65. The summed E-state index contributed by atoms with van der Waals surface area (Å²) in [7, 11) is 1.21. The summed E-state index contributed by atoms with van der Waals surface area (Å²) < 4.78 is 21.8. The maximum Gasteiger partial charge on any atom is 0.347 e.